The van der Waals surface area contributed by atoms with E-state index in [9.17, 15) is 13.2 Å². The molecule has 1 heterocycles. The average molecular weight is 357 g/mol. The monoisotopic (exact) mass is 357 g/mol. The van der Waals surface area contributed by atoms with Crippen LogP contribution in [0.2, 0.25) is 0 Å². The van der Waals surface area contributed by atoms with E-state index in [1.165, 1.54) is 16.6 Å². The summed E-state index contributed by atoms with van der Waals surface area (Å²) in [6.45, 7) is 3.63. The molecule has 6 heteroatoms. The van der Waals surface area contributed by atoms with Gasteiger partial charge in [0, 0.05) is 5.56 Å². The van der Waals surface area contributed by atoms with Crippen LogP contribution in [0.4, 0.5) is 0 Å². The minimum absolute atomic E-state index is 0.139. The van der Waals surface area contributed by atoms with Gasteiger partial charge in [0.05, 0.1) is 23.6 Å². The third-order valence-electron chi connectivity index (χ3n) is 3.86. The highest BCUT2D eigenvalue weighted by Crippen LogP contribution is 2.34. The van der Waals surface area contributed by atoms with Gasteiger partial charge < -0.3 is 4.74 Å². The Morgan fingerprint density at radius 3 is 2.36 bits per heavy atom. The van der Waals surface area contributed by atoms with Crippen molar-refractivity contribution in [2.45, 2.75) is 25.3 Å². The molecule has 0 aromatic heterocycles. The second-order valence-electron chi connectivity index (χ2n) is 6.10. The molecule has 0 spiro atoms. The number of benzene rings is 2. The van der Waals surface area contributed by atoms with Crippen molar-refractivity contribution in [2.24, 2.45) is 5.92 Å². The number of fused-ring (bicyclic) bond motifs is 1. The molecule has 0 radical (unpaired) electrons. The van der Waals surface area contributed by atoms with Crippen LogP contribution in [0.25, 0.3) is 5.76 Å². The van der Waals surface area contributed by atoms with Crippen LogP contribution in [0.3, 0.4) is 0 Å². The summed E-state index contributed by atoms with van der Waals surface area (Å²) in [6, 6.07) is 15.8. The first kappa shape index (κ1) is 17.2. The van der Waals surface area contributed by atoms with Gasteiger partial charge in [0.1, 0.15) is 0 Å². The summed E-state index contributed by atoms with van der Waals surface area (Å²) in [5.41, 5.74) is 1.25. The summed E-state index contributed by atoms with van der Waals surface area (Å²) in [6.07, 6.45) is 1.39. The Morgan fingerprint density at radius 2 is 1.68 bits per heavy atom. The fraction of sp³-hybridized carbons (Fsp3) is 0.211. The Kier molecular flexibility index (Phi) is 4.63. The molecule has 2 aromatic carbocycles. The summed E-state index contributed by atoms with van der Waals surface area (Å²) < 4.78 is 32.5. The first-order valence-electron chi connectivity index (χ1n) is 7.98. The molecule has 0 bridgehead atoms. The molecule has 0 unspecified atom stereocenters. The molecule has 25 heavy (non-hydrogen) atoms. The van der Waals surface area contributed by atoms with Crippen LogP contribution in [0.15, 0.2) is 65.7 Å². The molecule has 3 rings (SSSR count). The molecule has 1 aliphatic rings. The average Bonchev–Trinajstić information content (AvgIpc) is 2.60. The van der Waals surface area contributed by atoms with Gasteiger partial charge in [-0.2, -0.15) is 0 Å². The van der Waals surface area contributed by atoms with E-state index in [4.69, 9.17) is 4.74 Å². The third-order valence-corrected chi connectivity index (χ3v) is 5.63. The topological polar surface area (TPSA) is 63.7 Å². The predicted molar refractivity (Wildman–Crippen MR) is 94.5 cm³/mol. The SMILES string of the molecule is CC(C)C(=O)OC1=CN(Cc2ccccc2)S(=O)(=O)c2ccccc21. The van der Waals surface area contributed by atoms with Crippen molar-refractivity contribution in [3.63, 3.8) is 0 Å². The molecule has 0 saturated heterocycles. The van der Waals surface area contributed by atoms with Crippen LogP contribution >= 0.6 is 0 Å². The number of rotatable bonds is 4. The van der Waals surface area contributed by atoms with E-state index in [2.05, 4.69) is 0 Å². The maximum absolute atomic E-state index is 12.9. The summed E-state index contributed by atoms with van der Waals surface area (Å²) in [5.74, 6) is -0.464. The number of esters is 1. The summed E-state index contributed by atoms with van der Waals surface area (Å²) >= 11 is 0. The smallest absolute Gasteiger partial charge is 0.313 e. The lowest BCUT2D eigenvalue weighted by molar-refractivity contribution is -0.140. The van der Waals surface area contributed by atoms with Crippen molar-refractivity contribution in [1.82, 2.24) is 4.31 Å². The molecule has 1 aliphatic heterocycles. The van der Waals surface area contributed by atoms with Crippen molar-refractivity contribution in [1.29, 1.82) is 0 Å². The largest absolute Gasteiger partial charge is 0.424 e. The predicted octanol–water partition coefficient (Wildman–Crippen LogP) is 3.39. The first-order valence-corrected chi connectivity index (χ1v) is 9.42. The highest BCUT2D eigenvalue weighted by Gasteiger charge is 2.32. The number of carbonyl (C=O) groups excluding carboxylic acids is 1. The summed E-state index contributed by atoms with van der Waals surface area (Å²) in [4.78, 5) is 12.2. The zero-order valence-corrected chi connectivity index (χ0v) is 14.9. The van der Waals surface area contributed by atoms with Gasteiger partial charge in [-0.3, -0.25) is 9.10 Å². The van der Waals surface area contributed by atoms with Crippen molar-refractivity contribution in [2.75, 3.05) is 0 Å². The molecular formula is C19H19NO4S. The van der Waals surface area contributed by atoms with E-state index in [-0.39, 0.29) is 23.1 Å². The minimum Gasteiger partial charge on any atom is -0.424 e. The lowest BCUT2D eigenvalue weighted by atomic mass is 10.1. The molecule has 0 atom stereocenters. The number of hydrogen-bond acceptors (Lipinski definition) is 4. The maximum Gasteiger partial charge on any atom is 0.313 e. The van der Waals surface area contributed by atoms with Crippen LogP contribution in [0, 0.1) is 5.92 Å². The normalized spacial score (nSPS) is 15.5. The van der Waals surface area contributed by atoms with Crippen LogP contribution in [-0.2, 0) is 26.1 Å². The fourth-order valence-corrected chi connectivity index (χ4v) is 4.00. The number of sulfonamides is 1. The van der Waals surface area contributed by atoms with E-state index in [1.807, 2.05) is 30.3 Å². The highest BCUT2D eigenvalue weighted by molar-refractivity contribution is 7.89. The van der Waals surface area contributed by atoms with Gasteiger partial charge in [0.25, 0.3) is 10.0 Å². The molecule has 0 fully saturated rings. The van der Waals surface area contributed by atoms with Gasteiger partial charge in [-0.1, -0.05) is 56.3 Å². The van der Waals surface area contributed by atoms with E-state index in [1.54, 1.807) is 32.0 Å². The Bertz CT molecular complexity index is 917. The lowest BCUT2D eigenvalue weighted by Crippen LogP contribution is -2.30. The summed E-state index contributed by atoms with van der Waals surface area (Å²) in [5, 5.41) is 0. The minimum atomic E-state index is -3.70. The van der Waals surface area contributed by atoms with Crippen LogP contribution in [0.5, 0.6) is 0 Å². The van der Waals surface area contributed by atoms with E-state index < -0.39 is 16.0 Å². The maximum atomic E-state index is 12.9. The Morgan fingerprint density at radius 1 is 1.04 bits per heavy atom. The number of nitrogens with zero attached hydrogens (tertiary/aromatic N) is 1. The zero-order valence-electron chi connectivity index (χ0n) is 14.0. The highest BCUT2D eigenvalue weighted by atomic mass is 32.2. The molecule has 5 nitrogen and oxygen atoms in total. The Hall–Kier alpha value is -2.60. The molecular weight excluding hydrogens is 338 g/mol. The van der Waals surface area contributed by atoms with Gasteiger partial charge in [0.15, 0.2) is 5.76 Å². The molecule has 0 saturated carbocycles. The third kappa shape index (κ3) is 3.44. The van der Waals surface area contributed by atoms with E-state index in [0.717, 1.165) is 5.56 Å². The zero-order chi connectivity index (χ0) is 18.0. The van der Waals surface area contributed by atoms with Crippen LogP contribution < -0.4 is 0 Å². The van der Waals surface area contributed by atoms with E-state index >= 15 is 0 Å². The molecule has 0 N–H and O–H groups in total. The summed E-state index contributed by atoms with van der Waals surface area (Å²) in [7, 11) is -3.70. The van der Waals surface area contributed by atoms with Crippen LogP contribution in [0.1, 0.15) is 25.0 Å². The van der Waals surface area contributed by atoms with Crippen molar-refractivity contribution in [3.8, 4) is 0 Å². The number of hydrogen-bond donors (Lipinski definition) is 0. The molecule has 0 aliphatic carbocycles. The number of carbonyl (C=O) groups is 1. The van der Waals surface area contributed by atoms with Gasteiger partial charge in [0.2, 0.25) is 0 Å². The number of ether oxygens (including phenoxy) is 1. The van der Waals surface area contributed by atoms with Crippen molar-refractivity contribution < 1.29 is 17.9 Å². The quantitative estimate of drug-likeness (QED) is 0.787. The fourth-order valence-electron chi connectivity index (χ4n) is 2.49. The first-order chi connectivity index (χ1) is 11.9. The molecule has 130 valence electrons. The standard InChI is InChI=1S/C19H19NO4S/c1-14(2)19(21)24-17-13-20(12-15-8-4-3-5-9-15)25(22,23)18-11-7-6-10-16(17)18/h3-11,13-14H,12H2,1-2H3. The van der Waals surface area contributed by atoms with Gasteiger partial charge in [-0.25, -0.2) is 8.42 Å². The van der Waals surface area contributed by atoms with Gasteiger partial charge in [-0.05, 0) is 17.7 Å². The van der Waals surface area contributed by atoms with Crippen LogP contribution in [-0.4, -0.2) is 18.7 Å². The van der Waals surface area contributed by atoms with Gasteiger partial charge in [-0.15, -0.1) is 0 Å². The van der Waals surface area contributed by atoms with Gasteiger partial charge >= 0.3 is 5.97 Å². The van der Waals surface area contributed by atoms with Crippen molar-refractivity contribution in [3.05, 3.63) is 71.9 Å². The second kappa shape index (κ2) is 6.72. The van der Waals surface area contributed by atoms with Crippen molar-refractivity contribution >= 4 is 21.8 Å². The molecule has 0 amide bonds. The second-order valence-corrected chi connectivity index (χ2v) is 7.96. The lowest BCUT2D eigenvalue weighted by Gasteiger charge is -2.28. The van der Waals surface area contributed by atoms with E-state index in [0.29, 0.717) is 5.56 Å². The Labute approximate surface area is 147 Å². The molecule has 2 aromatic rings. The Balaban J connectivity index is 2.04.